The molecule has 0 radical (unpaired) electrons. The van der Waals surface area contributed by atoms with Crippen LogP contribution in [0.3, 0.4) is 0 Å². The van der Waals surface area contributed by atoms with Gasteiger partial charge in [0, 0.05) is 38.3 Å². The van der Waals surface area contributed by atoms with Crippen LogP contribution in [0.2, 0.25) is 0 Å². The summed E-state index contributed by atoms with van der Waals surface area (Å²) >= 11 is 0. The number of carbonyl (C=O) groups is 1. The van der Waals surface area contributed by atoms with Gasteiger partial charge in [0.15, 0.2) is 5.78 Å². The summed E-state index contributed by atoms with van der Waals surface area (Å²) in [6.07, 6.45) is 2.35. The SMILES string of the molecule is CC(=O)C1(Nc2ccc(B3OC(C)(C)C(C)(C)O3)c(COCCC(C)C)c2)CCOCC1. The fourth-order valence-electron chi connectivity index (χ4n) is 4.07. The van der Waals surface area contributed by atoms with E-state index in [9.17, 15) is 4.79 Å². The Bertz CT molecular complexity index is 786. The van der Waals surface area contributed by atoms with E-state index >= 15 is 0 Å². The molecule has 178 valence electrons. The molecule has 2 heterocycles. The fraction of sp³-hybridized carbons (Fsp3) is 0.720. The first kappa shape index (κ1) is 25.2. The molecule has 6 nitrogen and oxygen atoms in total. The molecule has 0 bridgehead atoms. The van der Waals surface area contributed by atoms with Gasteiger partial charge < -0.3 is 24.1 Å². The number of anilines is 1. The predicted octanol–water partition coefficient (Wildman–Crippen LogP) is 4.10. The number of Topliss-reactive ketones (excluding diaryl/α,β-unsaturated/α-hetero) is 1. The Morgan fingerprint density at radius 1 is 1.12 bits per heavy atom. The Labute approximate surface area is 193 Å². The van der Waals surface area contributed by atoms with E-state index in [4.69, 9.17) is 18.8 Å². The van der Waals surface area contributed by atoms with E-state index in [1.165, 1.54) is 0 Å². The molecule has 0 spiro atoms. The van der Waals surface area contributed by atoms with Crippen LogP contribution in [-0.2, 0) is 30.2 Å². The van der Waals surface area contributed by atoms with Crippen molar-refractivity contribution in [3.63, 3.8) is 0 Å². The average Bonchev–Trinajstić information content (AvgIpc) is 2.93. The molecule has 32 heavy (non-hydrogen) atoms. The molecule has 2 aliphatic heterocycles. The lowest BCUT2D eigenvalue weighted by atomic mass is 9.75. The summed E-state index contributed by atoms with van der Waals surface area (Å²) in [5.74, 6) is 0.736. The highest BCUT2D eigenvalue weighted by atomic mass is 16.7. The Hall–Kier alpha value is -1.41. The normalized spacial score (nSPS) is 21.7. The van der Waals surface area contributed by atoms with E-state index in [0.29, 0.717) is 45.2 Å². The van der Waals surface area contributed by atoms with Crippen LogP contribution in [0, 0.1) is 5.92 Å². The van der Waals surface area contributed by atoms with Gasteiger partial charge in [-0.3, -0.25) is 4.79 Å². The number of carbonyl (C=O) groups excluding carboxylic acids is 1. The standard InChI is InChI=1S/C25H40BNO5/c1-18(2)10-13-30-17-20-16-21(27-25(19(3)28)11-14-29-15-12-25)8-9-22(20)26-31-23(4,5)24(6,7)32-26/h8-9,16,18,27H,10-15,17H2,1-7H3. The molecule has 1 aromatic carbocycles. The van der Waals surface area contributed by atoms with Gasteiger partial charge in [-0.25, -0.2) is 0 Å². The zero-order chi connectivity index (χ0) is 23.6. The Morgan fingerprint density at radius 3 is 2.31 bits per heavy atom. The predicted molar refractivity (Wildman–Crippen MR) is 128 cm³/mol. The number of rotatable bonds is 9. The Balaban J connectivity index is 1.86. The van der Waals surface area contributed by atoms with Crippen LogP contribution in [-0.4, -0.2) is 49.5 Å². The number of hydrogen-bond donors (Lipinski definition) is 1. The van der Waals surface area contributed by atoms with Crippen LogP contribution >= 0.6 is 0 Å². The summed E-state index contributed by atoms with van der Waals surface area (Å²) in [7, 11) is -0.456. The van der Waals surface area contributed by atoms with Gasteiger partial charge in [0.2, 0.25) is 0 Å². The van der Waals surface area contributed by atoms with Crippen molar-refractivity contribution >= 4 is 24.1 Å². The van der Waals surface area contributed by atoms with Gasteiger partial charge in [-0.1, -0.05) is 19.9 Å². The minimum absolute atomic E-state index is 0.144. The molecule has 0 atom stereocenters. The summed E-state index contributed by atoms with van der Waals surface area (Å²) in [5, 5.41) is 3.53. The first-order valence-corrected chi connectivity index (χ1v) is 11.9. The zero-order valence-electron chi connectivity index (χ0n) is 20.9. The molecular weight excluding hydrogens is 405 g/mol. The molecular formula is C25H40BNO5. The third kappa shape index (κ3) is 5.56. The van der Waals surface area contributed by atoms with Crippen molar-refractivity contribution in [1.29, 1.82) is 0 Å². The van der Waals surface area contributed by atoms with Crippen molar-refractivity contribution in [2.24, 2.45) is 5.92 Å². The highest BCUT2D eigenvalue weighted by molar-refractivity contribution is 6.62. The van der Waals surface area contributed by atoms with E-state index in [1.807, 2.05) is 12.1 Å². The summed E-state index contributed by atoms with van der Waals surface area (Å²) in [6, 6.07) is 6.13. The Morgan fingerprint density at radius 2 is 1.75 bits per heavy atom. The van der Waals surface area contributed by atoms with Gasteiger partial charge in [0.1, 0.15) is 5.54 Å². The van der Waals surface area contributed by atoms with Crippen molar-refractivity contribution in [2.75, 3.05) is 25.1 Å². The first-order chi connectivity index (χ1) is 15.0. The number of ether oxygens (including phenoxy) is 2. The third-order valence-electron chi connectivity index (χ3n) is 7.15. The molecule has 2 saturated heterocycles. The molecule has 7 heteroatoms. The topological polar surface area (TPSA) is 66.0 Å². The van der Waals surface area contributed by atoms with Crippen molar-refractivity contribution < 1.29 is 23.6 Å². The number of benzene rings is 1. The number of nitrogens with one attached hydrogen (secondary N) is 1. The van der Waals surface area contributed by atoms with Crippen molar-refractivity contribution in [1.82, 2.24) is 0 Å². The van der Waals surface area contributed by atoms with Crippen LogP contribution in [0.4, 0.5) is 5.69 Å². The lowest BCUT2D eigenvalue weighted by molar-refractivity contribution is -0.124. The van der Waals surface area contributed by atoms with Crippen LogP contribution in [0.5, 0.6) is 0 Å². The molecule has 3 rings (SSSR count). The van der Waals surface area contributed by atoms with Crippen LogP contribution in [0.1, 0.15) is 73.3 Å². The summed E-state index contributed by atoms with van der Waals surface area (Å²) in [4.78, 5) is 12.5. The van der Waals surface area contributed by atoms with Gasteiger partial charge in [0.05, 0.1) is 17.8 Å². The van der Waals surface area contributed by atoms with E-state index in [0.717, 1.165) is 23.1 Å². The smallest absolute Gasteiger partial charge is 0.399 e. The number of hydrogen-bond acceptors (Lipinski definition) is 6. The van der Waals surface area contributed by atoms with Crippen molar-refractivity contribution in [3.8, 4) is 0 Å². The third-order valence-corrected chi connectivity index (χ3v) is 7.15. The van der Waals surface area contributed by atoms with Gasteiger partial charge in [-0.2, -0.15) is 0 Å². The second kappa shape index (κ2) is 9.84. The van der Waals surface area contributed by atoms with E-state index in [2.05, 4.69) is 52.9 Å². The Kier molecular flexibility index (Phi) is 7.75. The van der Waals surface area contributed by atoms with E-state index in [1.54, 1.807) is 6.92 Å². The maximum absolute atomic E-state index is 12.5. The molecule has 0 unspecified atom stereocenters. The molecule has 2 aliphatic rings. The largest absolute Gasteiger partial charge is 0.495 e. The molecule has 1 N–H and O–H groups in total. The van der Waals surface area contributed by atoms with Crippen LogP contribution in [0.25, 0.3) is 0 Å². The van der Waals surface area contributed by atoms with Crippen molar-refractivity contribution in [2.45, 2.75) is 91.1 Å². The van der Waals surface area contributed by atoms with Gasteiger partial charge in [-0.15, -0.1) is 0 Å². The quantitative estimate of drug-likeness (QED) is 0.456. The molecule has 1 aromatic rings. The number of ketones is 1. The van der Waals surface area contributed by atoms with Gasteiger partial charge in [0.25, 0.3) is 0 Å². The second-order valence-electron chi connectivity index (χ2n) is 10.6. The summed E-state index contributed by atoms with van der Waals surface area (Å²) in [6.45, 7) is 16.6. The monoisotopic (exact) mass is 445 g/mol. The minimum atomic E-state index is -0.583. The zero-order valence-corrected chi connectivity index (χ0v) is 20.9. The molecule has 0 saturated carbocycles. The van der Waals surface area contributed by atoms with Crippen molar-refractivity contribution in [3.05, 3.63) is 23.8 Å². The summed E-state index contributed by atoms with van der Waals surface area (Å²) < 4.78 is 24.2. The average molecular weight is 445 g/mol. The van der Waals surface area contributed by atoms with Crippen LogP contribution in [0.15, 0.2) is 18.2 Å². The van der Waals surface area contributed by atoms with Gasteiger partial charge in [-0.05, 0) is 70.1 Å². The molecule has 2 fully saturated rings. The van der Waals surface area contributed by atoms with E-state index in [-0.39, 0.29) is 5.78 Å². The van der Waals surface area contributed by atoms with E-state index < -0.39 is 23.9 Å². The maximum Gasteiger partial charge on any atom is 0.495 e. The maximum atomic E-state index is 12.5. The first-order valence-electron chi connectivity index (χ1n) is 11.9. The molecule has 0 aliphatic carbocycles. The lowest BCUT2D eigenvalue weighted by Crippen LogP contribution is -2.49. The fourth-order valence-corrected chi connectivity index (χ4v) is 4.07. The molecule has 0 aromatic heterocycles. The second-order valence-corrected chi connectivity index (χ2v) is 10.6. The minimum Gasteiger partial charge on any atom is -0.399 e. The van der Waals surface area contributed by atoms with Crippen LogP contribution < -0.4 is 10.8 Å². The highest BCUT2D eigenvalue weighted by Crippen LogP contribution is 2.37. The highest BCUT2D eigenvalue weighted by Gasteiger charge is 2.52. The molecule has 0 amide bonds. The summed E-state index contributed by atoms with van der Waals surface area (Å²) in [5.41, 5.74) is 1.49. The lowest BCUT2D eigenvalue weighted by Gasteiger charge is -2.36. The van der Waals surface area contributed by atoms with Gasteiger partial charge >= 0.3 is 7.12 Å².